The third-order valence-corrected chi connectivity index (χ3v) is 2.83. The molecule has 0 saturated heterocycles. The predicted octanol–water partition coefficient (Wildman–Crippen LogP) is 2.26. The van der Waals surface area contributed by atoms with Gasteiger partial charge in [-0.1, -0.05) is 30.3 Å². The summed E-state index contributed by atoms with van der Waals surface area (Å²) in [6.45, 7) is 1.66. The molecule has 0 aliphatic carbocycles. The zero-order chi connectivity index (χ0) is 14.5. The van der Waals surface area contributed by atoms with E-state index in [1.807, 2.05) is 30.3 Å². The predicted molar refractivity (Wildman–Crippen MR) is 70.3 cm³/mol. The molecular formula is C14H14N2O4. The average molecular weight is 274 g/mol. The number of carboxylic acid groups (broad SMARTS) is 1. The molecule has 0 aliphatic rings. The number of aromatic nitrogens is 2. The summed E-state index contributed by atoms with van der Waals surface area (Å²) in [4.78, 5) is 26.5. The topological polar surface area (TPSA) is 81.4 Å². The first-order chi connectivity index (χ1) is 9.58. The van der Waals surface area contributed by atoms with Gasteiger partial charge < -0.3 is 9.84 Å². The van der Waals surface area contributed by atoms with Crippen LogP contribution in [-0.4, -0.2) is 26.7 Å². The van der Waals surface area contributed by atoms with Gasteiger partial charge in [-0.2, -0.15) is 0 Å². The molecule has 1 heterocycles. The largest absolute Gasteiger partial charge is 0.481 e. The Balaban J connectivity index is 1.98. The maximum Gasteiger partial charge on any atom is 0.419 e. The molecule has 1 aromatic carbocycles. The van der Waals surface area contributed by atoms with Crippen LogP contribution in [0.2, 0.25) is 0 Å². The third-order valence-electron chi connectivity index (χ3n) is 2.83. The van der Waals surface area contributed by atoms with Gasteiger partial charge in [0.2, 0.25) is 0 Å². The van der Waals surface area contributed by atoms with Crippen molar-refractivity contribution in [3.63, 3.8) is 0 Å². The molecule has 1 unspecified atom stereocenters. The van der Waals surface area contributed by atoms with Crippen LogP contribution in [0.5, 0.6) is 0 Å². The number of nitrogens with zero attached hydrogens (tertiary/aromatic N) is 2. The van der Waals surface area contributed by atoms with Gasteiger partial charge in [-0.05, 0) is 12.5 Å². The fourth-order valence-corrected chi connectivity index (χ4v) is 1.58. The molecule has 2 aromatic rings. The van der Waals surface area contributed by atoms with E-state index < -0.39 is 18.0 Å². The highest BCUT2D eigenvalue weighted by molar-refractivity contribution is 5.75. The molecule has 0 radical (unpaired) electrons. The van der Waals surface area contributed by atoms with Crippen LogP contribution in [0.15, 0.2) is 42.9 Å². The Kier molecular flexibility index (Phi) is 4.14. The molecule has 0 fully saturated rings. The van der Waals surface area contributed by atoms with E-state index in [0.29, 0.717) is 5.69 Å². The highest BCUT2D eigenvalue weighted by atomic mass is 16.5. The molecule has 1 aromatic heterocycles. The first kappa shape index (κ1) is 13.8. The van der Waals surface area contributed by atoms with Crippen LogP contribution in [0.25, 0.3) is 0 Å². The van der Waals surface area contributed by atoms with Crippen molar-refractivity contribution in [2.24, 2.45) is 0 Å². The molecule has 6 heteroatoms. The third kappa shape index (κ3) is 3.23. The standard InChI is InChI=1S/C14H14N2O4/c1-10(13(17)18)12-7-16(9-15-12)14(19)20-8-11-5-3-2-4-6-11/h2-7,9-10H,8H2,1H3,(H,17,18). The lowest BCUT2D eigenvalue weighted by molar-refractivity contribution is -0.138. The highest BCUT2D eigenvalue weighted by Gasteiger charge is 2.18. The number of imidazole rings is 1. The van der Waals surface area contributed by atoms with E-state index in [4.69, 9.17) is 9.84 Å². The molecule has 1 N–H and O–H groups in total. The second-order valence-electron chi connectivity index (χ2n) is 4.31. The van der Waals surface area contributed by atoms with Crippen molar-refractivity contribution in [3.8, 4) is 0 Å². The SMILES string of the molecule is CC(C(=O)O)c1cn(C(=O)OCc2ccccc2)cn1. The van der Waals surface area contributed by atoms with E-state index in [0.717, 1.165) is 10.1 Å². The van der Waals surface area contributed by atoms with Crippen LogP contribution in [0.3, 0.4) is 0 Å². The van der Waals surface area contributed by atoms with Crippen molar-refractivity contribution >= 4 is 12.1 Å². The van der Waals surface area contributed by atoms with E-state index in [1.165, 1.54) is 19.4 Å². The zero-order valence-electron chi connectivity index (χ0n) is 10.9. The quantitative estimate of drug-likeness (QED) is 0.924. The minimum Gasteiger partial charge on any atom is -0.481 e. The van der Waals surface area contributed by atoms with Crippen LogP contribution in [0.1, 0.15) is 24.1 Å². The van der Waals surface area contributed by atoms with Crippen molar-refractivity contribution in [2.75, 3.05) is 0 Å². The van der Waals surface area contributed by atoms with E-state index in [2.05, 4.69) is 4.98 Å². The van der Waals surface area contributed by atoms with E-state index in [9.17, 15) is 9.59 Å². The van der Waals surface area contributed by atoms with Crippen LogP contribution in [-0.2, 0) is 16.1 Å². The normalized spacial score (nSPS) is 11.8. The number of aliphatic carboxylic acids is 1. The molecule has 2 rings (SSSR count). The molecule has 20 heavy (non-hydrogen) atoms. The molecule has 1 atom stereocenters. The average Bonchev–Trinajstić information content (AvgIpc) is 2.94. The van der Waals surface area contributed by atoms with Crippen LogP contribution >= 0.6 is 0 Å². The Bertz CT molecular complexity index is 607. The maximum absolute atomic E-state index is 11.8. The van der Waals surface area contributed by atoms with Crippen molar-refractivity contribution in [3.05, 3.63) is 54.1 Å². The summed E-state index contributed by atoms with van der Waals surface area (Å²) in [5.41, 5.74) is 1.19. The lowest BCUT2D eigenvalue weighted by Gasteiger charge is -2.04. The summed E-state index contributed by atoms with van der Waals surface area (Å²) in [7, 11) is 0. The zero-order valence-corrected chi connectivity index (χ0v) is 10.9. The van der Waals surface area contributed by atoms with E-state index >= 15 is 0 Å². The number of carboxylic acids is 1. The molecule has 0 bridgehead atoms. The number of rotatable bonds is 4. The molecule has 104 valence electrons. The molecule has 0 saturated carbocycles. The summed E-state index contributed by atoms with van der Waals surface area (Å²) < 4.78 is 6.24. The lowest BCUT2D eigenvalue weighted by atomic mass is 10.1. The number of carbonyl (C=O) groups excluding carboxylic acids is 1. The summed E-state index contributed by atoms with van der Waals surface area (Å²) >= 11 is 0. The number of hydrogen-bond acceptors (Lipinski definition) is 4. The number of benzene rings is 1. The minimum absolute atomic E-state index is 0.154. The molecule has 0 aliphatic heterocycles. The first-order valence-electron chi connectivity index (χ1n) is 6.05. The summed E-state index contributed by atoms with van der Waals surface area (Å²) in [6, 6.07) is 9.28. The van der Waals surface area contributed by atoms with Crippen LogP contribution in [0, 0.1) is 0 Å². The highest BCUT2D eigenvalue weighted by Crippen LogP contribution is 2.12. The fraction of sp³-hybridized carbons (Fsp3) is 0.214. The number of ether oxygens (including phenoxy) is 1. The van der Waals surface area contributed by atoms with Gasteiger partial charge in [-0.3, -0.25) is 4.79 Å². The van der Waals surface area contributed by atoms with Gasteiger partial charge >= 0.3 is 12.1 Å². The Hall–Kier alpha value is -2.63. The number of hydrogen-bond donors (Lipinski definition) is 1. The van der Waals surface area contributed by atoms with E-state index in [-0.39, 0.29) is 6.61 Å². The molecule has 0 amide bonds. The van der Waals surface area contributed by atoms with Crippen LogP contribution in [0.4, 0.5) is 4.79 Å². The van der Waals surface area contributed by atoms with Crippen molar-refractivity contribution in [1.29, 1.82) is 0 Å². The smallest absolute Gasteiger partial charge is 0.419 e. The Morgan fingerprint density at radius 3 is 2.70 bits per heavy atom. The fourth-order valence-electron chi connectivity index (χ4n) is 1.58. The first-order valence-corrected chi connectivity index (χ1v) is 6.05. The second kappa shape index (κ2) is 6.01. The minimum atomic E-state index is -0.993. The summed E-state index contributed by atoms with van der Waals surface area (Å²) in [6.07, 6.45) is 2.03. The van der Waals surface area contributed by atoms with Gasteiger partial charge in [0.25, 0.3) is 0 Å². The maximum atomic E-state index is 11.8. The molecule has 6 nitrogen and oxygen atoms in total. The van der Waals surface area contributed by atoms with Gasteiger partial charge in [0.05, 0.1) is 11.6 Å². The van der Waals surface area contributed by atoms with Gasteiger partial charge in [-0.25, -0.2) is 14.3 Å². The number of carbonyl (C=O) groups is 2. The monoisotopic (exact) mass is 274 g/mol. The Morgan fingerprint density at radius 2 is 2.05 bits per heavy atom. The van der Waals surface area contributed by atoms with Gasteiger partial charge in [0.15, 0.2) is 0 Å². The summed E-state index contributed by atoms with van der Waals surface area (Å²) in [5.74, 6) is -1.76. The molecular weight excluding hydrogens is 260 g/mol. The molecule has 0 spiro atoms. The van der Waals surface area contributed by atoms with Gasteiger partial charge in [0, 0.05) is 6.20 Å². The summed E-state index contributed by atoms with van der Waals surface area (Å²) in [5, 5.41) is 8.87. The van der Waals surface area contributed by atoms with Crippen molar-refractivity contribution in [1.82, 2.24) is 9.55 Å². The van der Waals surface area contributed by atoms with Gasteiger partial charge in [-0.15, -0.1) is 0 Å². The lowest BCUT2D eigenvalue weighted by Crippen LogP contribution is -2.12. The van der Waals surface area contributed by atoms with E-state index in [1.54, 1.807) is 0 Å². The second-order valence-corrected chi connectivity index (χ2v) is 4.31. The van der Waals surface area contributed by atoms with Gasteiger partial charge in [0.1, 0.15) is 12.9 Å². The van der Waals surface area contributed by atoms with Crippen molar-refractivity contribution < 1.29 is 19.4 Å². The Morgan fingerprint density at radius 1 is 1.35 bits per heavy atom. The van der Waals surface area contributed by atoms with Crippen LogP contribution < -0.4 is 0 Å². The Labute approximate surface area is 115 Å². The van der Waals surface area contributed by atoms with Crippen molar-refractivity contribution in [2.45, 2.75) is 19.4 Å².